The van der Waals surface area contributed by atoms with Crippen LogP contribution in [0.15, 0.2) is 72.2 Å². The van der Waals surface area contributed by atoms with Gasteiger partial charge in [-0.1, -0.05) is 45.0 Å². The largest absolute Gasteiger partial charge is 0.492 e. The van der Waals surface area contributed by atoms with E-state index >= 15 is 0 Å². The number of benzene rings is 3. The topological polar surface area (TPSA) is 158 Å². The number of hydrogen-bond donors (Lipinski definition) is 3. The fraction of sp³-hybridized carbons (Fsp3) is 0.235. The molecule has 5 aromatic rings. The number of ether oxygens (including phenoxy) is 3. The number of fused-ring (bicyclic) bond motifs is 1. The molecule has 0 aliphatic carbocycles. The number of carbonyl (C=O) groups excluding carboxylic acids is 2. The average Bonchev–Trinajstić information content (AvgIpc) is 3.52. The quantitative estimate of drug-likeness (QED) is 0.125. The number of hydrogen-bond acceptors (Lipinski definition) is 10. The molecule has 0 fully saturated rings. The number of nitrogens with zero attached hydrogens (tertiary/aromatic N) is 2. The van der Waals surface area contributed by atoms with Gasteiger partial charge in [0.2, 0.25) is 10.0 Å². The number of aromatic nitrogens is 2. The summed E-state index contributed by atoms with van der Waals surface area (Å²) in [5.74, 6) is 0.716. The Hall–Kier alpha value is -5.21. The predicted molar refractivity (Wildman–Crippen MR) is 188 cm³/mol. The maximum absolute atomic E-state index is 13.4. The number of methoxy groups -OCH3 is 1. The van der Waals surface area contributed by atoms with Crippen LogP contribution in [0.3, 0.4) is 0 Å². The third-order valence-corrected chi connectivity index (χ3v) is 8.46. The van der Waals surface area contributed by atoms with Gasteiger partial charge in [-0.25, -0.2) is 23.0 Å². The summed E-state index contributed by atoms with van der Waals surface area (Å²) in [5.41, 5.74) is 2.19. The maximum atomic E-state index is 13.4. The molecule has 3 aromatic carbocycles. The molecule has 0 aliphatic rings. The highest BCUT2D eigenvalue weighted by atomic mass is 32.2. The number of sulfonamides is 1. The van der Waals surface area contributed by atoms with Crippen LogP contribution in [0.1, 0.15) is 43.7 Å². The molecule has 2 amide bonds. The van der Waals surface area contributed by atoms with Crippen molar-refractivity contribution >= 4 is 61.2 Å². The maximum Gasteiger partial charge on any atom is 0.357 e. The summed E-state index contributed by atoms with van der Waals surface area (Å²) >= 11 is 1.28. The van der Waals surface area contributed by atoms with Crippen LogP contribution in [0.2, 0.25) is 0 Å². The van der Waals surface area contributed by atoms with E-state index in [1.807, 2.05) is 45.0 Å². The standard InChI is InChI=1S/C34H35N5O7S2/c1-7-45-32(40)28-19-47-31(36-28)27-18-21(14-15-35-27)46-29-13-12-24(22-10-8-9-11-23(22)29)37-33(41)38-25-16-20(34(2,3)4)17-26(30(25)44-5)39-48(6,42)43/h8-19,39H,7H2,1-6H3,(H2,37,38,41). The number of urea groups is 1. The zero-order valence-electron chi connectivity index (χ0n) is 27.2. The molecule has 0 saturated carbocycles. The molecular formula is C34H35N5O7S2. The summed E-state index contributed by atoms with van der Waals surface area (Å²) in [6.07, 6.45) is 2.64. The molecule has 2 aromatic heterocycles. The third-order valence-electron chi connectivity index (χ3n) is 7.00. The smallest absolute Gasteiger partial charge is 0.357 e. The Labute approximate surface area is 282 Å². The predicted octanol–water partition coefficient (Wildman–Crippen LogP) is 7.65. The van der Waals surface area contributed by atoms with Crippen molar-refractivity contribution in [2.75, 3.05) is 35.3 Å². The lowest BCUT2D eigenvalue weighted by Crippen LogP contribution is -2.22. The van der Waals surface area contributed by atoms with E-state index in [-0.39, 0.29) is 29.2 Å². The van der Waals surface area contributed by atoms with Gasteiger partial charge >= 0.3 is 12.0 Å². The highest BCUT2D eigenvalue weighted by Gasteiger charge is 2.23. The van der Waals surface area contributed by atoms with E-state index < -0.39 is 22.0 Å². The van der Waals surface area contributed by atoms with E-state index in [1.54, 1.807) is 54.9 Å². The number of thiazole rings is 1. The molecule has 12 nitrogen and oxygen atoms in total. The summed E-state index contributed by atoms with van der Waals surface area (Å²) < 4.78 is 43.5. The highest BCUT2D eigenvalue weighted by Crippen LogP contribution is 2.40. The van der Waals surface area contributed by atoms with Crippen LogP contribution >= 0.6 is 11.3 Å². The molecule has 0 saturated heterocycles. The van der Waals surface area contributed by atoms with Gasteiger partial charge < -0.3 is 24.8 Å². The molecule has 0 bridgehead atoms. The minimum absolute atomic E-state index is 0.170. The summed E-state index contributed by atoms with van der Waals surface area (Å²) in [7, 11) is -2.23. The molecule has 0 radical (unpaired) electrons. The van der Waals surface area contributed by atoms with Crippen LogP contribution in [-0.4, -0.2) is 50.4 Å². The first kappa shape index (κ1) is 34.1. The Morgan fingerprint density at radius 3 is 2.33 bits per heavy atom. The number of anilines is 3. The second kappa shape index (κ2) is 13.9. The molecular weight excluding hydrogens is 655 g/mol. The first-order valence-electron chi connectivity index (χ1n) is 14.8. The number of rotatable bonds is 10. The number of esters is 1. The minimum atomic E-state index is -3.63. The zero-order chi connectivity index (χ0) is 34.6. The Bertz CT molecular complexity index is 2110. The summed E-state index contributed by atoms with van der Waals surface area (Å²) in [6.45, 7) is 7.93. The molecule has 0 aliphatic heterocycles. The van der Waals surface area contributed by atoms with Gasteiger partial charge in [0.05, 0.1) is 37.0 Å². The van der Waals surface area contributed by atoms with Crippen molar-refractivity contribution in [1.29, 1.82) is 0 Å². The lowest BCUT2D eigenvalue weighted by atomic mass is 9.86. The van der Waals surface area contributed by atoms with Crippen LogP contribution in [0.25, 0.3) is 21.5 Å². The SMILES string of the molecule is CCOC(=O)c1csc(-c2cc(Oc3ccc(NC(=O)Nc4cc(C(C)(C)C)cc(NS(C)(=O)=O)c4OC)c4ccccc34)ccn2)n1. The number of pyridine rings is 1. The molecule has 3 N–H and O–H groups in total. The van der Waals surface area contributed by atoms with E-state index in [9.17, 15) is 18.0 Å². The van der Waals surface area contributed by atoms with Gasteiger partial charge in [-0.05, 0) is 48.2 Å². The fourth-order valence-electron chi connectivity index (χ4n) is 4.80. The van der Waals surface area contributed by atoms with E-state index in [0.717, 1.165) is 17.2 Å². The van der Waals surface area contributed by atoms with Gasteiger partial charge in [-0.15, -0.1) is 11.3 Å². The molecule has 250 valence electrons. The molecule has 5 rings (SSSR count). The van der Waals surface area contributed by atoms with Gasteiger partial charge in [0.25, 0.3) is 0 Å². The van der Waals surface area contributed by atoms with Crippen molar-refractivity contribution in [2.24, 2.45) is 0 Å². The summed E-state index contributed by atoms with van der Waals surface area (Å²) in [5, 5.41) is 9.34. The van der Waals surface area contributed by atoms with Gasteiger partial charge in [0.15, 0.2) is 11.4 Å². The monoisotopic (exact) mass is 689 g/mol. The highest BCUT2D eigenvalue weighted by molar-refractivity contribution is 7.92. The van der Waals surface area contributed by atoms with E-state index in [2.05, 4.69) is 25.3 Å². The third kappa shape index (κ3) is 8.01. The zero-order valence-corrected chi connectivity index (χ0v) is 28.8. The Morgan fingerprint density at radius 1 is 0.938 bits per heavy atom. The average molecular weight is 690 g/mol. The Balaban J connectivity index is 1.40. The summed E-state index contributed by atoms with van der Waals surface area (Å²) in [4.78, 5) is 34.2. The fourth-order valence-corrected chi connectivity index (χ4v) is 6.11. The molecule has 0 atom stereocenters. The Kier molecular flexibility index (Phi) is 9.87. The molecule has 14 heteroatoms. The van der Waals surface area contributed by atoms with E-state index in [1.165, 1.54) is 18.4 Å². The first-order valence-corrected chi connectivity index (χ1v) is 17.6. The second-order valence-corrected chi connectivity index (χ2v) is 14.3. The number of carbonyl (C=O) groups is 2. The van der Waals surface area contributed by atoms with Crippen molar-refractivity contribution in [3.63, 3.8) is 0 Å². The second-order valence-electron chi connectivity index (χ2n) is 11.7. The van der Waals surface area contributed by atoms with Crippen LogP contribution in [-0.2, 0) is 20.2 Å². The lowest BCUT2D eigenvalue weighted by molar-refractivity contribution is 0.0520. The van der Waals surface area contributed by atoms with E-state index in [0.29, 0.717) is 39.0 Å². The van der Waals surface area contributed by atoms with Gasteiger partial charge in [-0.3, -0.25) is 9.71 Å². The van der Waals surface area contributed by atoms with Crippen molar-refractivity contribution < 1.29 is 32.2 Å². The number of amides is 2. The van der Waals surface area contributed by atoms with Gasteiger partial charge in [0.1, 0.15) is 22.2 Å². The molecule has 0 unspecified atom stereocenters. The van der Waals surface area contributed by atoms with Crippen molar-refractivity contribution in [1.82, 2.24) is 9.97 Å². The van der Waals surface area contributed by atoms with Crippen molar-refractivity contribution in [3.8, 4) is 28.0 Å². The molecule has 48 heavy (non-hydrogen) atoms. The Morgan fingerprint density at radius 2 is 1.65 bits per heavy atom. The lowest BCUT2D eigenvalue weighted by Gasteiger charge is -2.24. The van der Waals surface area contributed by atoms with E-state index in [4.69, 9.17) is 14.2 Å². The normalized spacial score (nSPS) is 11.5. The van der Waals surface area contributed by atoms with Crippen molar-refractivity contribution in [2.45, 2.75) is 33.1 Å². The van der Waals surface area contributed by atoms with Crippen LogP contribution in [0.5, 0.6) is 17.2 Å². The van der Waals surface area contributed by atoms with Crippen molar-refractivity contribution in [3.05, 3.63) is 83.5 Å². The van der Waals surface area contributed by atoms with Crippen LogP contribution in [0.4, 0.5) is 21.9 Å². The number of nitrogens with one attached hydrogen (secondary N) is 3. The van der Waals surface area contributed by atoms with Gasteiger partial charge in [-0.2, -0.15) is 0 Å². The van der Waals surface area contributed by atoms with Gasteiger partial charge in [0, 0.05) is 28.4 Å². The molecule has 0 spiro atoms. The molecule has 2 heterocycles. The first-order chi connectivity index (χ1) is 22.8. The summed E-state index contributed by atoms with van der Waals surface area (Å²) in [6, 6.07) is 17.3. The van der Waals surface area contributed by atoms with Crippen LogP contribution in [0, 0.1) is 0 Å². The minimum Gasteiger partial charge on any atom is -0.492 e. The van der Waals surface area contributed by atoms with Crippen LogP contribution < -0.4 is 24.8 Å².